The number of hydrogen-bond acceptors (Lipinski definition) is 5. The van der Waals surface area contributed by atoms with Crippen LogP contribution in [0.3, 0.4) is 0 Å². The molecule has 2 aliphatic heterocycles. The van der Waals surface area contributed by atoms with Gasteiger partial charge in [-0.1, -0.05) is 12.1 Å². The van der Waals surface area contributed by atoms with Gasteiger partial charge in [-0.3, -0.25) is 24.1 Å². The molecular weight excluding hydrogens is 372 g/mol. The molecule has 0 spiro atoms. The van der Waals surface area contributed by atoms with Crippen molar-refractivity contribution in [3.8, 4) is 5.75 Å². The molecule has 0 aromatic heterocycles. The summed E-state index contributed by atoms with van der Waals surface area (Å²) in [6.07, 6.45) is 0.542. The Labute approximate surface area is 167 Å². The molecule has 3 amide bonds. The molecule has 0 saturated heterocycles. The molecule has 0 bridgehead atoms. The summed E-state index contributed by atoms with van der Waals surface area (Å²) in [6.45, 7) is 2.42. The number of Topliss-reactive ketones (excluding diaryl/α,β-unsaturated/α-hetero) is 1. The number of benzene rings is 2. The molecule has 0 aliphatic carbocycles. The Bertz CT molecular complexity index is 995. The highest BCUT2D eigenvalue weighted by Gasteiger charge is 2.34. The van der Waals surface area contributed by atoms with Crippen molar-refractivity contribution in [2.75, 3.05) is 24.6 Å². The quantitative estimate of drug-likeness (QED) is 0.577. The van der Waals surface area contributed by atoms with E-state index in [1.807, 2.05) is 0 Å². The van der Waals surface area contributed by atoms with E-state index in [1.165, 1.54) is 11.8 Å². The summed E-state index contributed by atoms with van der Waals surface area (Å²) in [5.74, 6) is -0.292. The summed E-state index contributed by atoms with van der Waals surface area (Å²) in [6, 6.07) is 11.8. The molecule has 2 aliphatic rings. The minimum absolute atomic E-state index is 0.0867. The van der Waals surface area contributed by atoms with Gasteiger partial charge in [0.2, 0.25) is 5.91 Å². The van der Waals surface area contributed by atoms with Crippen LogP contribution in [0.15, 0.2) is 42.5 Å². The first-order valence-corrected chi connectivity index (χ1v) is 9.51. The molecule has 2 aromatic rings. The van der Waals surface area contributed by atoms with E-state index < -0.39 is 0 Å². The van der Waals surface area contributed by atoms with Crippen LogP contribution in [0.5, 0.6) is 5.75 Å². The molecule has 7 heteroatoms. The highest BCUT2D eigenvalue weighted by Crippen LogP contribution is 2.33. The monoisotopic (exact) mass is 392 g/mol. The number of carbonyl (C=O) groups is 4. The van der Waals surface area contributed by atoms with Crippen LogP contribution in [-0.2, 0) is 4.79 Å². The van der Waals surface area contributed by atoms with Crippen molar-refractivity contribution in [3.05, 3.63) is 59.2 Å². The zero-order chi connectivity index (χ0) is 20.5. The Hall–Kier alpha value is -3.48. The number of anilines is 1. The third kappa shape index (κ3) is 3.40. The molecular formula is C22H20N2O5. The van der Waals surface area contributed by atoms with Crippen molar-refractivity contribution in [1.82, 2.24) is 4.90 Å². The van der Waals surface area contributed by atoms with Gasteiger partial charge in [-0.25, -0.2) is 0 Å². The van der Waals surface area contributed by atoms with Crippen LogP contribution in [-0.4, -0.2) is 48.1 Å². The highest BCUT2D eigenvalue weighted by molar-refractivity contribution is 6.21. The van der Waals surface area contributed by atoms with Crippen molar-refractivity contribution in [3.63, 3.8) is 0 Å². The lowest BCUT2D eigenvalue weighted by Crippen LogP contribution is -2.38. The smallest absolute Gasteiger partial charge is 0.261 e. The molecule has 29 heavy (non-hydrogen) atoms. The normalized spacial score (nSPS) is 15.1. The fraction of sp³-hybridized carbons (Fsp3) is 0.273. The second kappa shape index (κ2) is 7.50. The van der Waals surface area contributed by atoms with Crippen LogP contribution in [0.25, 0.3) is 0 Å². The number of ether oxygens (including phenoxy) is 1. The number of ketones is 1. The van der Waals surface area contributed by atoms with E-state index in [1.54, 1.807) is 47.4 Å². The van der Waals surface area contributed by atoms with E-state index >= 15 is 0 Å². The topological polar surface area (TPSA) is 84.0 Å². The molecule has 0 atom stereocenters. The van der Waals surface area contributed by atoms with Crippen molar-refractivity contribution in [2.24, 2.45) is 0 Å². The van der Waals surface area contributed by atoms with Crippen LogP contribution in [0.1, 0.15) is 50.8 Å². The van der Waals surface area contributed by atoms with Crippen LogP contribution in [0, 0.1) is 0 Å². The fourth-order valence-corrected chi connectivity index (χ4v) is 3.66. The first-order chi connectivity index (χ1) is 14.0. The number of hydrogen-bond donors (Lipinski definition) is 0. The van der Waals surface area contributed by atoms with Crippen molar-refractivity contribution in [2.45, 2.75) is 19.8 Å². The molecule has 7 nitrogen and oxygen atoms in total. The lowest BCUT2D eigenvalue weighted by molar-refractivity contribution is -0.119. The van der Waals surface area contributed by atoms with Crippen molar-refractivity contribution in [1.29, 1.82) is 0 Å². The van der Waals surface area contributed by atoms with Gasteiger partial charge in [-0.15, -0.1) is 0 Å². The summed E-state index contributed by atoms with van der Waals surface area (Å²) in [5, 5.41) is 0. The maximum atomic E-state index is 12.8. The Kier molecular flexibility index (Phi) is 4.88. The van der Waals surface area contributed by atoms with Gasteiger partial charge in [0.1, 0.15) is 12.4 Å². The number of amides is 3. The van der Waals surface area contributed by atoms with Crippen LogP contribution in [0.4, 0.5) is 5.69 Å². The third-order valence-electron chi connectivity index (χ3n) is 5.18. The number of fused-ring (bicyclic) bond motifs is 2. The van der Waals surface area contributed by atoms with Crippen LogP contribution in [0.2, 0.25) is 0 Å². The summed E-state index contributed by atoms with van der Waals surface area (Å²) in [7, 11) is 0. The van der Waals surface area contributed by atoms with Gasteiger partial charge >= 0.3 is 0 Å². The Morgan fingerprint density at radius 2 is 1.72 bits per heavy atom. The predicted octanol–water partition coefficient (Wildman–Crippen LogP) is 2.69. The maximum Gasteiger partial charge on any atom is 0.261 e. The Morgan fingerprint density at radius 3 is 2.38 bits per heavy atom. The zero-order valence-corrected chi connectivity index (χ0v) is 16.0. The van der Waals surface area contributed by atoms with Gasteiger partial charge in [0, 0.05) is 18.5 Å². The minimum atomic E-state index is -0.319. The number of carbonyl (C=O) groups excluding carboxylic acids is 4. The van der Waals surface area contributed by atoms with Crippen molar-refractivity contribution >= 4 is 29.2 Å². The molecule has 2 aromatic carbocycles. The van der Waals surface area contributed by atoms with Gasteiger partial charge in [0.25, 0.3) is 11.8 Å². The molecule has 0 radical (unpaired) electrons. The lowest BCUT2D eigenvalue weighted by Gasteiger charge is -2.30. The van der Waals surface area contributed by atoms with Gasteiger partial charge in [-0.2, -0.15) is 0 Å². The van der Waals surface area contributed by atoms with E-state index in [2.05, 4.69) is 0 Å². The minimum Gasteiger partial charge on any atom is -0.490 e. The second-order valence-corrected chi connectivity index (χ2v) is 7.04. The third-order valence-corrected chi connectivity index (χ3v) is 5.18. The van der Waals surface area contributed by atoms with Crippen molar-refractivity contribution < 1.29 is 23.9 Å². The summed E-state index contributed by atoms with van der Waals surface area (Å²) in [5.41, 5.74) is 1.90. The second-order valence-electron chi connectivity index (χ2n) is 7.04. The van der Waals surface area contributed by atoms with E-state index in [-0.39, 0.29) is 36.5 Å². The van der Waals surface area contributed by atoms with Crippen LogP contribution < -0.4 is 9.64 Å². The zero-order valence-electron chi connectivity index (χ0n) is 16.0. The predicted molar refractivity (Wildman–Crippen MR) is 105 cm³/mol. The highest BCUT2D eigenvalue weighted by atomic mass is 16.5. The van der Waals surface area contributed by atoms with E-state index in [4.69, 9.17) is 4.74 Å². The van der Waals surface area contributed by atoms with Gasteiger partial charge in [0.15, 0.2) is 5.78 Å². The standard InChI is InChI=1S/C22H20N2O5/c1-14(25)15-8-9-19-18(13-15)23(11-12-29-19)20(26)7-4-10-24-21(27)16-5-2-3-6-17(16)22(24)28/h2-3,5-6,8-9,13H,4,7,10-12H2,1H3. The Morgan fingerprint density at radius 1 is 1.03 bits per heavy atom. The van der Waals surface area contributed by atoms with Gasteiger partial charge < -0.3 is 9.64 Å². The molecule has 0 saturated carbocycles. The number of nitrogens with zero attached hydrogens (tertiary/aromatic N) is 2. The molecule has 0 unspecified atom stereocenters. The van der Waals surface area contributed by atoms with E-state index in [9.17, 15) is 19.2 Å². The fourth-order valence-electron chi connectivity index (χ4n) is 3.66. The van der Waals surface area contributed by atoms with E-state index in [0.29, 0.717) is 47.7 Å². The molecule has 4 rings (SSSR count). The lowest BCUT2D eigenvalue weighted by atomic mass is 10.1. The summed E-state index contributed by atoms with van der Waals surface area (Å²) >= 11 is 0. The first kappa shape index (κ1) is 18.9. The molecule has 0 N–H and O–H groups in total. The SMILES string of the molecule is CC(=O)c1ccc2c(c1)N(C(=O)CCCN1C(=O)c3ccccc3C1=O)CCO2. The molecule has 148 valence electrons. The Balaban J connectivity index is 1.42. The number of rotatable bonds is 5. The number of imide groups is 1. The average molecular weight is 392 g/mol. The molecule has 0 fully saturated rings. The van der Waals surface area contributed by atoms with E-state index in [0.717, 1.165) is 0 Å². The van der Waals surface area contributed by atoms with Gasteiger partial charge in [-0.05, 0) is 43.7 Å². The maximum absolute atomic E-state index is 12.8. The first-order valence-electron chi connectivity index (χ1n) is 9.51. The summed E-state index contributed by atoms with van der Waals surface area (Å²) < 4.78 is 5.59. The average Bonchev–Trinajstić information content (AvgIpc) is 2.97. The molecule has 2 heterocycles. The van der Waals surface area contributed by atoms with Crippen LogP contribution >= 0.6 is 0 Å². The van der Waals surface area contributed by atoms with Gasteiger partial charge in [0.05, 0.1) is 23.4 Å². The largest absolute Gasteiger partial charge is 0.490 e. The summed E-state index contributed by atoms with van der Waals surface area (Å²) in [4.78, 5) is 52.1.